The van der Waals surface area contributed by atoms with E-state index < -0.39 is 0 Å². The molecule has 1 heterocycles. The number of carbonyl (C=O) groups excluding carboxylic acids is 2. The number of carbonyl (C=O) groups is 2. The second kappa shape index (κ2) is 8.45. The maximum absolute atomic E-state index is 12.5. The van der Waals surface area contributed by atoms with Crippen LogP contribution in [0.5, 0.6) is 0 Å². The predicted octanol–water partition coefficient (Wildman–Crippen LogP) is 3.88. The molecule has 0 aliphatic heterocycles. The summed E-state index contributed by atoms with van der Waals surface area (Å²) in [6.45, 7) is 2.79. The number of hydrogen-bond acceptors (Lipinski definition) is 3. The molecule has 0 spiro atoms. The van der Waals surface area contributed by atoms with Gasteiger partial charge in [-0.15, -0.1) is 11.3 Å². The third kappa shape index (κ3) is 4.37. The minimum absolute atomic E-state index is 0.121. The van der Waals surface area contributed by atoms with E-state index in [-0.39, 0.29) is 11.8 Å². The van der Waals surface area contributed by atoms with E-state index in [0.29, 0.717) is 23.5 Å². The molecule has 2 aromatic carbocycles. The monoisotopic (exact) mass is 364 g/mol. The van der Waals surface area contributed by atoms with E-state index in [1.807, 2.05) is 60.8 Å². The van der Waals surface area contributed by atoms with Gasteiger partial charge in [-0.1, -0.05) is 48.0 Å². The van der Waals surface area contributed by atoms with Gasteiger partial charge >= 0.3 is 0 Å². The number of hydrogen-bond donors (Lipinski definition) is 2. The molecule has 26 heavy (non-hydrogen) atoms. The summed E-state index contributed by atoms with van der Waals surface area (Å²) in [4.78, 5) is 25.1. The van der Waals surface area contributed by atoms with Crippen LogP contribution in [0.4, 0.5) is 0 Å². The van der Waals surface area contributed by atoms with E-state index in [9.17, 15) is 9.59 Å². The third-order valence-corrected chi connectivity index (χ3v) is 4.88. The van der Waals surface area contributed by atoms with Crippen LogP contribution in [0.25, 0.3) is 11.1 Å². The molecule has 0 atom stereocenters. The number of rotatable bonds is 6. The molecule has 5 heteroatoms. The molecule has 0 saturated carbocycles. The summed E-state index contributed by atoms with van der Waals surface area (Å²) in [7, 11) is 0. The van der Waals surface area contributed by atoms with E-state index in [1.54, 1.807) is 12.1 Å². The largest absolute Gasteiger partial charge is 0.350 e. The maximum atomic E-state index is 12.5. The standard InChI is InChI=1S/C21H20N2O2S/c1-15-7-9-16(10-8-15)18-11-14-26-19(18)21(25)23-13-12-22-20(24)17-5-3-2-4-6-17/h2-11,14H,12-13H2,1H3,(H,22,24)(H,23,25). The molecule has 4 nitrogen and oxygen atoms in total. The molecule has 3 aromatic rings. The smallest absolute Gasteiger partial charge is 0.262 e. The summed E-state index contributed by atoms with van der Waals surface area (Å²) in [6.07, 6.45) is 0. The molecule has 2 N–H and O–H groups in total. The Labute approximate surface area is 156 Å². The SMILES string of the molecule is Cc1ccc(-c2ccsc2C(=O)NCCNC(=O)c2ccccc2)cc1. The van der Waals surface area contributed by atoms with Crippen LogP contribution < -0.4 is 10.6 Å². The molecule has 0 aliphatic rings. The van der Waals surface area contributed by atoms with Gasteiger partial charge in [0, 0.05) is 24.2 Å². The van der Waals surface area contributed by atoms with Crippen molar-refractivity contribution in [3.05, 3.63) is 82.0 Å². The number of aryl methyl sites for hydroxylation is 1. The average molecular weight is 364 g/mol. The van der Waals surface area contributed by atoms with Gasteiger partial charge < -0.3 is 10.6 Å². The fourth-order valence-electron chi connectivity index (χ4n) is 2.57. The van der Waals surface area contributed by atoms with Crippen LogP contribution in [0.1, 0.15) is 25.6 Å². The van der Waals surface area contributed by atoms with Crippen molar-refractivity contribution in [3.8, 4) is 11.1 Å². The Hall–Kier alpha value is -2.92. The van der Waals surface area contributed by atoms with E-state index >= 15 is 0 Å². The van der Waals surface area contributed by atoms with Crippen LogP contribution in [0.2, 0.25) is 0 Å². The van der Waals surface area contributed by atoms with Crippen LogP contribution in [-0.2, 0) is 0 Å². The Morgan fingerprint density at radius 2 is 1.50 bits per heavy atom. The van der Waals surface area contributed by atoms with Crippen molar-refractivity contribution in [2.45, 2.75) is 6.92 Å². The minimum atomic E-state index is -0.142. The summed E-state index contributed by atoms with van der Waals surface area (Å²) < 4.78 is 0. The van der Waals surface area contributed by atoms with Gasteiger partial charge in [-0.2, -0.15) is 0 Å². The molecule has 132 valence electrons. The highest BCUT2D eigenvalue weighted by atomic mass is 32.1. The van der Waals surface area contributed by atoms with Gasteiger partial charge in [0.25, 0.3) is 11.8 Å². The van der Waals surface area contributed by atoms with Gasteiger partial charge in [0.1, 0.15) is 0 Å². The van der Waals surface area contributed by atoms with Crippen LogP contribution in [0.3, 0.4) is 0 Å². The van der Waals surface area contributed by atoms with Crippen molar-refractivity contribution in [2.75, 3.05) is 13.1 Å². The van der Waals surface area contributed by atoms with Gasteiger partial charge in [0.2, 0.25) is 0 Å². The lowest BCUT2D eigenvalue weighted by Crippen LogP contribution is -2.34. The summed E-state index contributed by atoms with van der Waals surface area (Å²) >= 11 is 1.42. The van der Waals surface area contributed by atoms with Crippen molar-refractivity contribution < 1.29 is 9.59 Å². The number of benzene rings is 2. The Morgan fingerprint density at radius 1 is 0.846 bits per heavy atom. The second-order valence-electron chi connectivity index (χ2n) is 5.91. The van der Waals surface area contributed by atoms with Gasteiger partial charge in [0.15, 0.2) is 0 Å². The fraction of sp³-hybridized carbons (Fsp3) is 0.143. The lowest BCUT2D eigenvalue weighted by molar-refractivity contribution is 0.0930. The van der Waals surface area contributed by atoms with Gasteiger partial charge in [-0.3, -0.25) is 9.59 Å². The fourth-order valence-corrected chi connectivity index (χ4v) is 3.40. The zero-order valence-electron chi connectivity index (χ0n) is 14.5. The average Bonchev–Trinajstić information content (AvgIpc) is 3.16. The van der Waals surface area contributed by atoms with Crippen molar-refractivity contribution in [1.82, 2.24) is 10.6 Å². The van der Waals surface area contributed by atoms with Crippen LogP contribution in [0.15, 0.2) is 66.0 Å². The Kier molecular flexibility index (Phi) is 5.81. The van der Waals surface area contributed by atoms with E-state index in [2.05, 4.69) is 10.6 Å². The van der Waals surface area contributed by atoms with Crippen molar-refractivity contribution in [2.24, 2.45) is 0 Å². The van der Waals surface area contributed by atoms with E-state index in [1.165, 1.54) is 16.9 Å². The van der Waals surface area contributed by atoms with Crippen LogP contribution in [0, 0.1) is 6.92 Å². The second-order valence-corrected chi connectivity index (χ2v) is 6.82. The molecule has 0 aliphatic carbocycles. The predicted molar refractivity (Wildman–Crippen MR) is 106 cm³/mol. The highest BCUT2D eigenvalue weighted by molar-refractivity contribution is 7.12. The molecule has 0 fully saturated rings. The first-order valence-electron chi connectivity index (χ1n) is 8.41. The molecular formula is C21H20N2O2S. The molecule has 0 bridgehead atoms. The molecule has 0 radical (unpaired) electrons. The van der Waals surface area contributed by atoms with E-state index in [0.717, 1.165) is 11.1 Å². The highest BCUT2D eigenvalue weighted by Crippen LogP contribution is 2.28. The third-order valence-electron chi connectivity index (χ3n) is 3.97. The minimum Gasteiger partial charge on any atom is -0.350 e. The molecule has 3 rings (SSSR count). The number of nitrogens with one attached hydrogen (secondary N) is 2. The maximum Gasteiger partial charge on any atom is 0.262 e. The van der Waals surface area contributed by atoms with E-state index in [4.69, 9.17) is 0 Å². The molecule has 0 unspecified atom stereocenters. The van der Waals surface area contributed by atoms with Gasteiger partial charge in [-0.05, 0) is 36.1 Å². The van der Waals surface area contributed by atoms with Gasteiger partial charge in [-0.25, -0.2) is 0 Å². The quantitative estimate of drug-likeness (QED) is 0.652. The normalized spacial score (nSPS) is 10.3. The summed E-state index contributed by atoms with van der Waals surface area (Å²) in [5.41, 5.74) is 3.75. The van der Waals surface area contributed by atoms with Crippen LogP contribution in [-0.4, -0.2) is 24.9 Å². The zero-order valence-corrected chi connectivity index (χ0v) is 15.3. The van der Waals surface area contributed by atoms with Crippen molar-refractivity contribution in [3.63, 3.8) is 0 Å². The van der Waals surface area contributed by atoms with Crippen molar-refractivity contribution in [1.29, 1.82) is 0 Å². The molecule has 0 saturated heterocycles. The Bertz CT molecular complexity index is 886. The number of thiophene rings is 1. The topological polar surface area (TPSA) is 58.2 Å². The number of amides is 2. The Balaban J connectivity index is 1.54. The lowest BCUT2D eigenvalue weighted by atomic mass is 10.0. The first kappa shape index (κ1) is 17.9. The summed E-state index contributed by atoms with van der Waals surface area (Å²) in [6, 6.07) is 19.1. The molecule has 2 amide bonds. The Morgan fingerprint density at radius 3 is 2.19 bits per heavy atom. The summed E-state index contributed by atoms with van der Waals surface area (Å²) in [5.74, 6) is -0.263. The summed E-state index contributed by atoms with van der Waals surface area (Å²) in [5, 5.41) is 7.59. The highest BCUT2D eigenvalue weighted by Gasteiger charge is 2.14. The molecular weight excluding hydrogens is 344 g/mol. The van der Waals surface area contributed by atoms with Crippen molar-refractivity contribution >= 4 is 23.2 Å². The van der Waals surface area contributed by atoms with Gasteiger partial charge in [0.05, 0.1) is 4.88 Å². The van der Waals surface area contributed by atoms with Crippen LogP contribution >= 0.6 is 11.3 Å². The first-order valence-corrected chi connectivity index (χ1v) is 9.29. The lowest BCUT2D eigenvalue weighted by Gasteiger charge is -2.08. The zero-order chi connectivity index (χ0) is 18.4. The first-order chi connectivity index (χ1) is 12.6. The molecule has 1 aromatic heterocycles.